The Balaban J connectivity index is 1.27. The first-order chi connectivity index (χ1) is 13.2. The van der Waals surface area contributed by atoms with Crippen molar-refractivity contribution < 1.29 is 4.79 Å². The Morgan fingerprint density at radius 3 is 2.52 bits per heavy atom. The summed E-state index contributed by atoms with van der Waals surface area (Å²) in [4.78, 5) is 18.0. The van der Waals surface area contributed by atoms with Gasteiger partial charge in [0.15, 0.2) is 0 Å². The Kier molecular flexibility index (Phi) is 5.79. The van der Waals surface area contributed by atoms with Crippen molar-refractivity contribution in [2.24, 2.45) is 0 Å². The molecule has 1 amide bonds. The molecule has 4 rings (SSSR count). The van der Waals surface area contributed by atoms with Gasteiger partial charge in [0.2, 0.25) is 0 Å². The molecule has 1 unspecified atom stereocenters. The summed E-state index contributed by atoms with van der Waals surface area (Å²) in [6.45, 7) is 6.07. The van der Waals surface area contributed by atoms with E-state index in [-0.39, 0.29) is 5.91 Å². The van der Waals surface area contributed by atoms with E-state index in [1.54, 1.807) is 11.3 Å². The zero-order chi connectivity index (χ0) is 18.6. The number of piperidine rings is 2. The fourth-order valence-corrected chi connectivity index (χ4v) is 4.94. The topological polar surface area (TPSA) is 35.6 Å². The van der Waals surface area contributed by atoms with Gasteiger partial charge in [-0.25, -0.2) is 0 Å². The molecule has 4 nitrogen and oxygen atoms in total. The van der Waals surface area contributed by atoms with Crippen molar-refractivity contribution in [2.75, 3.05) is 31.1 Å². The van der Waals surface area contributed by atoms with Crippen molar-refractivity contribution in [1.82, 2.24) is 10.2 Å². The highest BCUT2D eigenvalue weighted by Gasteiger charge is 2.28. The van der Waals surface area contributed by atoms with Crippen LogP contribution in [-0.2, 0) is 0 Å². The van der Waals surface area contributed by atoms with Gasteiger partial charge in [0.05, 0.1) is 4.88 Å². The Morgan fingerprint density at radius 1 is 1.04 bits per heavy atom. The largest absolute Gasteiger partial charge is 0.371 e. The van der Waals surface area contributed by atoms with E-state index in [1.165, 1.54) is 30.5 Å². The lowest BCUT2D eigenvalue weighted by atomic mass is 9.99. The van der Waals surface area contributed by atoms with E-state index in [0.717, 1.165) is 37.5 Å². The number of carbonyl (C=O) groups excluding carboxylic acids is 1. The van der Waals surface area contributed by atoms with Gasteiger partial charge in [-0.2, -0.15) is 0 Å². The minimum absolute atomic E-state index is 0.200. The SMILES string of the molecule is Cc1ccc(N2CCC(NC3CCCN(C(=O)c4cccs4)C3)CC2)cc1. The van der Waals surface area contributed by atoms with Crippen LogP contribution in [0.3, 0.4) is 0 Å². The summed E-state index contributed by atoms with van der Waals surface area (Å²) in [6.07, 6.45) is 4.61. The van der Waals surface area contributed by atoms with Gasteiger partial charge in [0.25, 0.3) is 5.91 Å². The highest BCUT2D eigenvalue weighted by atomic mass is 32.1. The first-order valence-corrected chi connectivity index (χ1v) is 11.0. The molecule has 5 heteroatoms. The average molecular weight is 384 g/mol. The van der Waals surface area contributed by atoms with E-state index in [1.807, 2.05) is 22.4 Å². The van der Waals surface area contributed by atoms with Crippen LogP contribution in [-0.4, -0.2) is 49.1 Å². The van der Waals surface area contributed by atoms with Crippen molar-refractivity contribution in [1.29, 1.82) is 0 Å². The van der Waals surface area contributed by atoms with Crippen molar-refractivity contribution in [3.05, 3.63) is 52.2 Å². The van der Waals surface area contributed by atoms with E-state index in [9.17, 15) is 4.79 Å². The number of likely N-dealkylation sites (tertiary alicyclic amines) is 1. The van der Waals surface area contributed by atoms with Crippen LogP contribution in [0.1, 0.15) is 40.9 Å². The van der Waals surface area contributed by atoms with Gasteiger partial charge in [0, 0.05) is 44.0 Å². The summed E-state index contributed by atoms with van der Waals surface area (Å²) in [7, 11) is 0. The number of amides is 1. The lowest BCUT2D eigenvalue weighted by Crippen LogP contribution is -2.53. The van der Waals surface area contributed by atoms with Crippen molar-refractivity contribution in [2.45, 2.75) is 44.7 Å². The minimum Gasteiger partial charge on any atom is -0.371 e. The van der Waals surface area contributed by atoms with Crippen LogP contribution in [0.25, 0.3) is 0 Å². The molecule has 1 N–H and O–H groups in total. The van der Waals surface area contributed by atoms with Gasteiger partial charge in [-0.05, 0) is 56.2 Å². The Morgan fingerprint density at radius 2 is 1.81 bits per heavy atom. The summed E-state index contributed by atoms with van der Waals surface area (Å²) in [5.74, 6) is 0.200. The number of rotatable bonds is 4. The smallest absolute Gasteiger partial charge is 0.263 e. The quantitative estimate of drug-likeness (QED) is 0.869. The highest BCUT2D eigenvalue weighted by molar-refractivity contribution is 7.12. The molecule has 27 heavy (non-hydrogen) atoms. The molecule has 2 fully saturated rings. The molecule has 2 saturated heterocycles. The molecule has 0 radical (unpaired) electrons. The zero-order valence-corrected chi connectivity index (χ0v) is 16.9. The van der Waals surface area contributed by atoms with Gasteiger partial charge in [-0.15, -0.1) is 11.3 Å². The van der Waals surface area contributed by atoms with Crippen molar-refractivity contribution in [3.8, 4) is 0 Å². The molecular weight excluding hydrogens is 354 g/mol. The van der Waals surface area contributed by atoms with Crippen LogP contribution in [0, 0.1) is 6.92 Å². The third-order valence-electron chi connectivity index (χ3n) is 5.81. The van der Waals surface area contributed by atoms with Crippen LogP contribution < -0.4 is 10.2 Å². The maximum absolute atomic E-state index is 12.6. The van der Waals surface area contributed by atoms with Crippen molar-refractivity contribution in [3.63, 3.8) is 0 Å². The number of nitrogens with one attached hydrogen (secondary N) is 1. The summed E-state index contributed by atoms with van der Waals surface area (Å²) < 4.78 is 0. The average Bonchev–Trinajstić information content (AvgIpc) is 3.24. The van der Waals surface area contributed by atoms with Gasteiger partial charge in [-0.1, -0.05) is 23.8 Å². The van der Waals surface area contributed by atoms with Crippen LogP contribution in [0.5, 0.6) is 0 Å². The Labute approximate surface area is 166 Å². The number of aryl methyl sites for hydroxylation is 1. The summed E-state index contributed by atoms with van der Waals surface area (Å²) in [5.41, 5.74) is 2.65. The third kappa shape index (κ3) is 4.53. The standard InChI is InChI=1S/C22H29N3OS/c1-17-6-8-20(9-7-17)24-13-10-18(11-14-24)23-19-4-2-12-25(16-19)22(26)21-5-3-15-27-21/h3,5-9,15,18-19,23H,2,4,10-14,16H2,1H3. The maximum atomic E-state index is 12.6. The van der Waals surface area contributed by atoms with Gasteiger partial charge >= 0.3 is 0 Å². The molecule has 144 valence electrons. The fourth-order valence-electron chi connectivity index (χ4n) is 4.25. The Bertz CT molecular complexity index is 735. The second kappa shape index (κ2) is 8.44. The number of hydrogen-bond acceptors (Lipinski definition) is 4. The summed E-state index contributed by atoms with van der Waals surface area (Å²) in [6, 6.07) is 13.7. The molecule has 1 atom stereocenters. The van der Waals surface area contributed by atoms with E-state index < -0.39 is 0 Å². The van der Waals surface area contributed by atoms with E-state index in [4.69, 9.17) is 0 Å². The molecule has 0 spiro atoms. The number of anilines is 1. The molecule has 0 saturated carbocycles. The zero-order valence-electron chi connectivity index (χ0n) is 16.1. The first-order valence-electron chi connectivity index (χ1n) is 10.1. The molecule has 1 aromatic heterocycles. The molecule has 2 aliphatic heterocycles. The van der Waals surface area contributed by atoms with E-state index in [0.29, 0.717) is 12.1 Å². The van der Waals surface area contributed by atoms with Gasteiger partial charge in [0.1, 0.15) is 0 Å². The van der Waals surface area contributed by atoms with E-state index in [2.05, 4.69) is 41.4 Å². The third-order valence-corrected chi connectivity index (χ3v) is 6.66. The number of hydrogen-bond donors (Lipinski definition) is 1. The molecule has 2 aromatic rings. The normalized spacial score (nSPS) is 21.4. The number of benzene rings is 1. The second-order valence-electron chi connectivity index (χ2n) is 7.83. The number of carbonyl (C=O) groups is 1. The molecule has 0 bridgehead atoms. The van der Waals surface area contributed by atoms with Crippen LogP contribution in [0.2, 0.25) is 0 Å². The second-order valence-corrected chi connectivity index (χ2v) is 8.78. The van der Waals surface area contributed by atoms with Gasteiger partial charge < -0.3 is 15.1 Å². The lowest BCUT2D eigenvalue weighted by Gasteiger charge is -2.39. The first kappa shape index (κ1) is 18.5. The predicted molar refractivity (Wildman–Crippen MR) is 113 cm³/mol. The predicted octanol–water partition coefficient (Wildman–Crippen LogP) is 3.92. The molecule has 3 heterocycles. The van der Waals surface area contributed by atoms with Gasteiger partial charge in [-0.3, -0.25) is 4.79 Å². The fraction of sp³-hybridized carbons (Fsp3) is 0.500. The summed E-state index contributed by atoms with van der Waals surface area (Å²) >= 11 is 1.54. The number of thiophene rings is 1. The number of nitrogens with zero attached hydrogens (tertiary/aromatic N) is 2. The minimum atomic E-state index is 0.200. The maximum Gasteiger partial charge on any atom is 0.263 e. The molecule has 0 aliphatic carbocycles. The monoisotopic (exact) mass is 383 g/mol. The molecule has 2 aliphatic rings. The van der Waals surface area contributed by atoms with Crippen LogP contribution >= 0.6 is 11.3 Å². The van der Waals surface area contributed by atoms with E-state index >= 15 is 0 Å². The summed E-state index contributed by atoms with van der Waals surface area (Å²) in [5, 5.41) is 5.83. The lowest BCUT2D eigenvalue weighted by molar-refractivity contribution is 0.0692. The van der Waals surface area contributed by atoms with Crippen LogP contribution in [0.15, 0.2) is 41.8 Å². The molecule has 1 aromatic carbocycles. The van der Waals surface area contributed by atoms with Crippen LogP contribution in [0.4, 0.5) is 5.69 Å². The highest BCUT2D eigenvalue weighted by Crippen LogP contribution is 2.22. The Hall–Kier alpha value is -1.85. The molecular formula is C22H29N3OS. The van der Waals surface area contributed by atoms with Crippen molar-refractivity contribution >= 4 is 22.9 Å².